The van der Waals surface area contributed by atoms with Crippen molar-refractivity contribution in [1.29, 1.82) is 0 Å². The summed E-state index contributed by atoms with van der Waals surface area (Å²) in [5, 5.41) is 3.42. The normalized spacial score (nSPS) is 13.9. The van der Waals surface area contributed by atoms with Gasteiger partial charge in [0.1, 0.15) is 17.1 Å². The van der Waals surface area contributed by atoms with Crippen LogP contribution in [0.1, 0.15) is 40.9 Å². The third-order valence-electron chi connectivity index (χ3n) is 4.29. The molecule has 1 aliphatic rings. The van der Waals surface area contributed by atoms with E-state index in [1.54, 1.807) is 0 Å². The monoisotopic (exact) mass is 367 g/mol. The van der Waals surface area contributed by atoms with Crippen LogP contribution in [-0.4, -0.2) is 33.2 Å². The van der Waals surface area contributed by atoms with Gasteiger partial charge in [-0.05, 0) is 36.1 Å². The van der Waals surface area contributed by atoms with Crippen LogP contribution in [0.2, 0.25) is 0 Å². The van der Waals surface area contributed by atoms with E-state index in [1.807, 2.05) is 0 Å². The zero-order valence-electron chi connectivity index (χ0n) is 14.1. The number of carbonyl (C=O) groups is 1. The number of benzene rings is 1. The van der Waals surface area contributed by atoms with E-state index in [-0.39, 0.29) is 12.6 Å². The molecule has 1 aromatic carbocycles. The van der Waals surface area contributed by atoms with E-state index in [0.717, 1.165) is 7.05 Å². The molecule has 0 saturated heterocycles. The van der Waals surface area contributed by atoms with Gasteiger partial charge in [-0.15, -0.1) is 0 Å². The second-order valence-corrected chi connectivity index (χ2v) is 6.25. The van der Waals surface area contributed by atoms with Crippen molar-refractivity contribution in [3.8, 4) is 0 Å². The molecule has 138 valence electrons. The second kappa shape index (κ2) is 6.93. The van der Waals surface area contributed by atoms with Gasteiger partial charge in [0, 0.05) is 19.6 Å². The quantitative estimate of drug-likeness (QED) is 0.725. The Morgan fingerprint density at radius 2 is 1.92 bits per heavy atom. The molecule has 0 atom stereocenters. The number of hydrogen-bond acceptors (Lipinski definition) is 2. The summed E-state index contributed by atoms with van der Waals surface area (Å²) in [4.78, 5) is 14.1. The molecule has 8 heteroatoms. The largest absolute Gasteiger partial charge is 0.331 e. The van der Waals surface area contributed by atoms with Crippen LogP contribution >= 0.6 is 0 Å². The number of aryl methyl sites for hydroxylation is 1. The summed E-state index contributed by atoms with van der Waals surface area (Å²) >= 11 is 0. The average molecular weight is 367 g/mol. The lowest BCUT2D eigenvalue weighted by atomic mass is 10.1. The van der Waals surface area contributed by atoms with Gasteiger partial charge >= 0.3 is 0 Å². The van der Waals surface area contributed by atoms with Crippen LogP contribution in [0.15, 0.2) is 30.8 Å². The van der Waals surface area contributed by atoms with Crippen molar-refractivity contribution in [3.63, 3.8) is 0 Å². The summed E-state index contributed by atoms with van der Waals surface area (Å²) in [5.41, 5.74) is -0.451. The maximum Gasteiger partial charge on any atom is 0.283 e. The molecule has 0 bridgehead atoms. The first-order chi connectivity index (χ1) is 12.3. The molecule has 1 saturated carbocycles. The van der Waals surface area contributed by atoms with Crippen LogP contribution in [0.3, 0.4) is 0 Å². The first kappa shape index (κ1) is 18.2. The summed E-state index contributed by atoms with van der Waals surface area (Å²) in [5.74, 6) is -2.34. The zero-order valence-corrected chi connectivity index (χ0v) is 14.1. The average Bonchev–Trinajstić information content (AvgIpc) is 3.39. The van der Waals surface area contributed by atoms with Crippen molar-refractivity contribution in [2.45, 2.75) is 25.3 Å². The summed E-state index contributed by atoms with van der Waals surface area (Å²) < 4.78 is 54.2. The molecule has 1 aromatic heterocycles. The molecule has 1 aliphatic carbocycles. The van der Waals surface area contributed by atoms with E-state index in [9.17, 15) is 22.4 Å². The van der Waals surface area contributed by atoms with Gasteiger partial charge in [0.25, 0.3) is 12.3 Å². The van der Waals surface area contributed by atoms with Crippen LogP contribution in [0.4, 0.5) is 17.6 Å². The maximum atomic E-state index is 14.2. The highest BCUT2D eigenvalue weighted by Crippen LogP contribution is 2.33. The van der Waals surface area contributed by atoms with Crippen molar-refractivity contribution >= 4 is 11.5 Å². The third kappa shape index (κ3) is 3.49. The van der Waals surface area contributed by atoms with Gasteiger partial charge in [0.2, 0.25) is 5.95 Å². The van der Waals surface area contributed by atoms with Crippen molar-refractivity contribution in [3.05, 3.63) is 59.4 Å². The number of aromatic nitrogens is 2. The van der Waals surface area contributed by atoms with Crippen LogP contribution < -0.4 is 0 Å². The fourth-order valence-corrected chi connectivity index (χ4v) is 2.75. The van der Waals surface area contributed by atoms with Gasteiger partial charge in [0.05, 0.1) is 0 Å². The van der Waals surface area contributed by atoms with Gasteiger partial charge in [-0.25, -0.2) is 17.9 Å². The topological polar surface area (TPSA) is 38.1 Å². The van der Waals surface area contributed by atoms with E-state index in [2.05, 4.69) is 11.7 Å². The molecule has 2 aromatic rings. The standard InChI is InChI=1S/C18H17F4N3O/c1-10(11-3-5-12(19)6-4-11)9-25(13-7-8-13)18(26)14-15(16(20)21)23-24(2)17(14)22/h3-6,13,16H,1,7-9H2,2H3. The van der Waals surface area contributed by atoms with E-state index in [0.29, 0.717) is 28.7 Å². The molecule has 0 radical (unpaired) electrons. The summed E-state index contributed by atoms with van der Waals surface area (Å²) in [6.07, 6.45) is -1.66. The van der Waals surface area contributed by atoms with E-state index in [1.165, 1.54) is 29.2 Å². The van der Waals surface area contributed by atoms with Crippen LogP contribution in [0, 0.1) is 11.8 Å². The lowest BCUT2D eigenvalue weighted by Gasteiger charge is -2.23. The molecular weight excluding hydrogens is 350 g/mol. The van der Waals surface area contributed by atoms with Crippen LogP contribution in [0.5, 0.6) is 0 Å². The van der Waals surface area contributed by atoms with Gasteiger partial charge < -0.3 is 4.90 Å². The zero-order chi connectivity index (χ0) is 19.0. The van der Waals surface area contributed by atoms with Gasteiger partial charge in [-0.1, -0.05) is 18.7 Å². The number of alkyl halides is 2. The molecule has 26 heavy (non-hydrogen) atoms. The highest BCUT2D eigenvalue weighted by atomic mass is 19.3. The van der Waals surface area contributed by atoms with Crippen molar-refractivity contribution in [2.75, 3.05) is 6.54 Å². The molecule has 0 spiro atoms. The summed E-state index contributed by atoms with van der Waals surface area (Å²) in [7, 11) is 1.16. The minimum Gasteiger partial charge on any atom is -0.331 e. The number of halogens is 4. The fraction of sp³-hybridized carbons (Fsp3) is 0.333. The minimum atomic E-state index is -3.06. The van der Waals surface area contributed by atoms with Gasteiger partial charge in [-0.2, -0.15) is 9.49 Å². The molecule has 1 fully saturated rings. The lowest BCUT2D eigenvalue weighted by Crippen LogP contribution is -2.35. The van der Waals surface area contributed by atoms with Crippen LogP contribution in [-0.2, 0) is 7.05 Å². The highest BCUT2D eigenvalue weighted by Gasteiger charge is 2.38. The first-order valence-corrected chi connectivity index (χ1v) is 8.04. The van der Waals surface area contributed by atoms with Crippen molar-refractivity contribution in [1.82, 2.24) is 14.7 Å². The Bertz CT molecular complexity index is 841. The molecule has 3 rings (SSSR count). The minimum absolute atomic E-state index is 0.0339. The van der Waals surface area contributed by atoms with Crippen LogP contribution in [0.25, 0.3) is 5.57 Å². The molecule has 1 amide bonds. The highest BCUT2D eigenvalue weighted by molar-refractivity contribution is 5.96. The Morgan fingerprint density at radius 1 is 1.31 bits per heavy atom. The predicted molar refractivity (Wildman–Crippen MR) is 87.6 cm³/mol. The SMILES string of the molecule is C=C(CN(C(=O)c1c(C(F)F)nn(C)c1F)C1CC1)c1ccc(F)cc1. The Morgan fingerprint density at radius 3 is 2.46 bits per heavy atom. The Kier molecular flexibility index (Phi) is 4.84. The van der Waals surface area contributed by atoms with Gasteiger partial charge in [0.15, 0.2) is 0 Å². The number of nitrogens with zero attached hydrogens (tertiary/aromatic N) is 3. The van der Waals surface area contributed by atoms with Crippen molar-refractivity contribution < 1.29 is 22.4 Å². The molecule has 0 N–H and O–H groups in total. The molecule has 0 aliphatic heterocycles. The van der Waals surface area contributed by atoms with Gasteiger partial charge in [-0.3, -0.25) is 4.79 Å². The van der Waals surface area contributed by atoms with E-state index in [4.69, 9.17) is 0 Å². The maximum absolute atomic E-state index is 14.2. The van der Waals surface area contributed by atoms with E-state index < -0.39 is 35.4 Å². The summed E-state index contributed by atoms with van der Waals surface area (Å²) in [6, 6.07) is 5.40. The molecular formula is C18H17F4N3O. The number of hydrogen-bond donors (Lipinski definition) is 0. The Balaban J connectivity index is 1.88. The predicted octanol–water partition coefficient (Wildman–Crippen LogP) is 3.95. The summed E-state index contributed by atoms with van der Waals surface area (Å²) in [6.45, 7) is 3.92. The second-order valence-electron chi connectivity index (χ2n) is 6.25. The number of carbonyl (C=O) groups excluding carboxylic acids is 1. The molecule has 0 unspecified atom stereocenters. The lowest BCUT2D eigenvalue weighted by molar-refractivity contribution is 0.0747. The smallest absolute Gasteiger partial charge is 0.283 e. The number of amides is 1. The number of rotatable bonds is 6. The van der Waals surface area contributed by atoms with Crippen molar-refractivity contribution in [2.24, 2.45) is 7.05 Å². The Labute approximate surface area is 147 Å². The third-order valence-corrected chi connectivity index (χ3v) is 4.29. The first-order valence-electron chi connectivity index (χ1n) is 8.04. The molecule has 4 nitrogen and oxygen atoms in total. The molecule has 1 heterocycles. The Hall–Kier alpha value is -2.64. The van der Waals surface area contributed by atoms with E-state index >= 15 is 0 Å². The fourth-order valence-electron chi connectivity index (χ4n) is 2.75.